The van der Waals surface area contributed by atoms with Crippen LogP contribution >= 0.6 is 23.2 Å². The predicted molar refractivity (Wildman–Crippen MR) is 121 cm³/mol. The number of nitrogens with one attached hydrogen (secondary N) is 1. The number of methoxy groups -OCH3 is 1. The van der Waals surface area contributed by atoms with Crippen LogP contribution in [0.25, 0.3) is 0 Å². The number of hydrogen-bond donors (Lipinski definition) is 2. The average Bonchev–Trinajstić information content (AvgIpc) is 2.77. The molecule has 1 amide bonds. The maximum absolute atomic E-state index is 12.4. The third-order valence-corrected chi connectivity index (χ3v) is 5.18. The molecule has 6 nitrogen and oxygen atoms in total. The summed E-state index contributed by atoms with van der Waals surface area (Å²) in [6.45, 7) is 0.252. The Balaban J connectivity index is 1.68. The molecule has 160 valence electrons. The van der Waals surface area contributed by atoms with E-state index in [-0.39, 0.29) is 24.8 Å². The largest absolute Gasteiger partial charge is 0.469 e. The minimum atomic E-state index is -0.324. The van der Waals surface area contributed by atoms with Crippen molar-refractivity contribution < 1.29 is 19.1 Å². The lowest BCUT2D eigenvalue weighted by molar-refractivity contribution is -0.139. The summed E-state index contributed by atoms with van der Waals surface area (Å²) in [5, 5.41) is 3.49. The van der Waals surface area contributed by atoms with Crippen molar-refractivity contribution in [3.63, 3.8) is 0 Å². The number of carbonyl (C=O) groups is 2. The summed E-state index contributed by atoms with van der Waals surface area (Å²) in [5.74, 6) is 0.528. The highest BCUT2D eigenvalue weighted by Gasteiger charge is 2.11. The second kappa shape index (κ2) is 10.3. The molecule has 3 aromatic carbocycles. The van der Waals surface area contributed by atoms with Gasteiger partial charge in [0.15, 0.2) is 0 Å². The highest BCUT2D eigenvalue weighted by atomic mass is 35.5. The Hall–Kier alpha value is -3.06. The van der Waals surface area contributed by atoms with Gasteiger partial charge >= 0.3 is 5.97 Å². The first-order valence-electron chi connectivity index (χ1n) is 9.32. The molecule has 31 heavy (non-hydrogen) atoms. The Morgan fingerprint density at radius 3 is 2.35 bits per heavy atom. The van der Waals surface area contributed by atoms with E-state index in [9.17, 15) is 9.59 Å². The zero-order valence-corrected chi connectivity index (χ0v) is 18.2. The first-order valence-corrected chi connectivity index (χ1v) is 10.1. The molecule has 8 heteroatoms. The molecule has 3 N–H and O–H groups in total. The molecule has 0 atom stereocenters. The number of anilines is 1. The lowest BCUT2D eigenvalue weighted by Gasteiger charge is -2.12. The summed E-state index contributed by atoms with van der Waals surface area (Å²) >= 11 is 11.8. The fourth-order valence-electron chi connectivity index (χ4n) is 2.81. The second-order valence-electron chi connectivity index (χ2n) is 6.61. The summed E-state index contributed by atoms with van der Waals surface area (Å²) in [5.41, 5.74) is 8.37. The van der Waals surface area contributed by atoms with Crippen LogP contribution in [0.5, 0.6) is 11.5 Å². The molecule has 0 unspecified atom stereocenters. The standard InChI is InChI=1S/C23H20Cl2N2O4/c1-30-22(28)11-14-2-9-21(16(10-14)13-26)31-18-6-4-17(5-7-18)27-23(29)15-3-8-19(24)20(25)12-15/h2-10,12H,11,13,26H2,1H3,(H,27,29). The van der Waals surface area contributed by atoms with Crippen LogP contribution in [0, 0.1) is 0 Å². The van der Waals surface area contributed by atoms with Crippen LogP contribution in [-0.2, 0) is 22.5 Å². The second-order valence-corrected chi connectivity index (χ2v) is 7.42. The monoisotopic (exact) mass is 458 g/mol. The fourth-order valence-corrected chi connectivity index (χ4v) is 3.11. The van der Waals surface area contributed by atoms with Gasteiger partial charge < -0.3 is 20.5 Å². The Bertz CT molecular complexity index is 1100. The third-order valence-electron chi connectivity index (χ3n) is 4.44. The molecule has 0 aliphatic carbocycles. The van der Waals surface area contributed by atoms with Crippen LogP contribution in [0.15, 0.2) is 60.7 Å². The van der Waals surface area contributed by atoms with Crippen molar-refractivity contribution in [1.82, 2.24) is 0 Å². The molecule has 0 saturated heterocycles. The van der Waals surface area contributed by atoms with Gasteiger partial charge in [-0.15, -0.1) is 0 Å². The van der Waals surface area contributed by atoms with E-state index in [0.29, 0.717) is 32.8 Å². The van der Waals surface area contributed by atoms with Crippen LogP contribution in [0.1, 0.15) is 21.5 Å². The van der Waals surface area contributed by atoms with E-state index >= 15 is 0 Å². The Morgan fingerprint density at radius 1 is 0.968 bits per heavy atom. The fraction of sp³-hybridized carbons (Fsp3) is 0.130. The van der Waals surface area contributed by atoms with Crippen LogP contribution in [-0.4, -0.2) is 19.0 Å². The van der Waals surface area contributed by atoms with E-state index in [1.165, 1.54) is 13.2 Å². The average molecular weight is 459 g/mol. The Kier molecular flexibility index (Phi) is 7.52. The zero-order valence-electron chi connectivity index (χ0n) is 16.7. The first-order chi connectivity index (χ1) is 14.9. The Morgan fingerprint density at radius 2 is 1.71 bits per heavy atom. The van der Waals surface area contributed by atoms with Gasteiger partial charge in [-0.1, -0.05) is 35.3 Å². The molecule has 3 rings (SSSR count). The van der Waals surface area contributed by atoms with Gasteiger partial charge in [0.2, 0.25) is 0 Å². The molecule has 0 aliphatic rings. The number of amides is 1. The van der Waals surface area contributed by atoms with Gasteiger partial charge in [-0.25, -0.2) is 0 Å². The normalized spacial score (nSPS) is 10.5. The molecule has 0 bridgehead atoms. The van der Waals surface area contributed by atoms with Crippen molar-refractivity contribution in [2.24, 2.45) is 5.73 Å². The van der Waals surface area contributed by atoms with Gasteiger partial charge in [-0.3, -0.25) is 9.59 Å². The molecule has 0 aromatic heterocycles. The van der Waals surface area contributed by atoms with Crippen LogP contribution in [0.2, 0.25) is 10.0 Å². The number of hydrogen-bond acceptors (Lipinski definition) is 5. The maximum Gasteiger partial charge on any atom is 0.309 e. The highest BCUT2D eigenvalue weighted by Crippen LogP contribution is 2.28. The molecular weight excluding hydrogens is 439 g/mol. The number of nitrogens with two attached hydrogens (primary N) is 1. The SMILES string of the molecule is COC(=O)Cc1ccc(Oc2ccc(NC(=O)c3ccc(Cl)c(Cl)c3)cc2)c(CN)c1. The van der Waals surface area contributed by atoms with Crippen LogP contribution in [0.4, 0.5) is 5.69 Å². The van der Waals surface area contributed by atoms with Crippen molar-refractivity contribution in [3.8, 4) is 11.5 Å². The van der Waals surface area contributed by atoms with Crippen molar-refractivity contribution in [2.75, 3.05) is 12.4 Å². The van der Waals surface area contributed by atoms with Gasteiger partial charge in [0.05, 0.1) is 23.6 Å². The predicted octanol–water partition coefficient (Wildman–Crippen LogP) is 5.21. The number of halogens is 2. The summed E-state index contributed by atoms with van der Waals surface area (Å²) in [7, 11) is 1.35. The van der Waals surface area contributed by atoms with E-state index < -0.39 is 0 Å². The summed E-state index contributed by atoms with van der Waals surface area (Å²) in [4.78, 5) is 23.8. The topological polar surface area (TPSA) is 90.6 Å². The van der Waals surface area contributed by atoms with E-state index in [4.69, 9.17) is 33.7 Å². The number of carbonyl (C=O) groups excluding carboxylic acids is 2. The van der Waals surface area contributed by atoms with Gasteiger partial charge in [-0.05, 0) is 54.1 Å². The summed E-state index contributed by atoms with van der Waals surface area (Å²) < 4.78 is 10.6. The van der Waals surface area contributed by atoms with E-state index in [1.54, 1.807) is 48.5 Å². The number of ether oxygens (including phenoxy) is 2. The summed E-state index contributed by atoms with van der Waals surface area (Å²) in [6, 6.07) is 16.9. The molecule has 0 aliphatic heterocycles. The zero-order chi connectivity index (χ0) is 22.4. The van der Waals surface area contributed by atoms with Crippen LogP contribution < -0.4 is 15.8 Å². The minimum Gasteiger partial charge on any atom is -0.469 e. The molecule has 0 heterocycles. The first kappa shape index (κ1) is 22.6. The number of rotatable bonds is 7. The lowest BCUT2D eigenvalue weighted by Crippen LogP contribution is -2.11. The number of esters is 1. The molecular formula is C23H20Cl2N2O4. The van der Waals surface area contributed by atoms with Gasteiger partial charge in [-0.2, -0.15) is 0 Å². The van der Waals surface area contributed by atoms with Crippen molar-refractivity contribution in [2.45, 2.75) is 13.0 Å². The molecule has 0 radical (unpaired) electrons. The van der Waals surface area contributed by atoms with Crippen molar-refractivity contribution in [3.05, 3.63) is 87.4 Å². The smallest absolute Gasteiger partial charge is 0.309 e. The third kappa shape index (κ3) is 5.98. The summed E-state index contributed by atoms with van der Waals surface area (Å²) in [6.07, 6.45) is 0.164. The number of benzene rings is 3. The molecule has 0 fully saturated rings. The lowest BCUT2D eigenvalue weighted by atomic mass is 10.1. The van der Waals surface area contributed by atoms with Crippen LogP contribution in [0.3, 0.4) is 0 Å². The maximum atomic E-state index is 12.4. The molecule has 3 aromatic rings. The van der Waals surface area contributed by atoms with Gasteiger partial charge in [0.25, 0.3) is 5.91 Å². The van der Waals surface area contributed by atoms with Gasteiger partial charge in [0, 0.05) is 23.4 Å². The quantitative estimate of drug-likeness (QED) is 0.474. The van der Waals surface area contributed by atoms with E-state index in [2.05, 4.69) is 10.1 Å². The Labute approximate surface area is 189 Å². The molecule has 0 saturated carbocycles. The molecule has 0 spiro atoms. The van der Waals surface area contributed by atoms with Crippen molar-refractivity contribution in [1.29, 1.82) is 0 Å². The van der Waals surface area contributed by atoms with Gasteiger partial charge in [0.1, 0.15) is 11.5 Å². The van der Waals surface area contributed by atoms with E-state index in [0.717, 1.165) is 11.1 Å². The minimum absolute atomic E-state index is 0.164. The van der Waals surface area contributed by atoms with E-state index in [1.807, 2.05) is 6.07 Å². The van der Waals surface area contributed by atoms with Crippen molar-refractivity contribution >= 4 is 40.8 Å². The highest BCUT2D eigenvalue weighted by molar-refractivity contribution is 6.42.